The number of hydrogen-bond acceptors (Lipinski definition) is 4. The molecule has 6 nitrogen and oxygen atoms in total. The summed E-state index contributed by atoms with van der Waals surface area (Å²) in [4.78, 5) is 30.1. The molecule has 0 radical (unpaired) electrons. The van der Waals surface area contributed by atoms with Crippen LogP contribution >= 0.6 is 0 Å². The summed E-state index contributed by atoms with van der Waals surface area (Å²) in [5, 5.41) is 2.85. The normalized spacial score (nSPS) is 10.9. The van der Waals surface area contributed by atoms with E-state index in [1.807, 2.05) is 73.7 Å². The quantitative estimate of drug-likeness (QED) is 0.366. The Kier molecular flexibility index (Phi) is 7.71. The van der Waals surface area contributed by atoms with E-state index in [-0.39, 0.29) is 17.9 Å². The van der Waals surface area contributed by atoms with Gasteiger partial charge in [-0.3, -0.25) is 9.59 Å². The number of nitrogens with zero attached hydrogens (tertiary/aromatic N) is 2. The monoisotopic (exact) mass is 455 g/mol. The molecule has 0 saturated heterocycles. The highest BCUT2D eigenvalue weighted by Crippen LogP contribution is 2.13. The molecule has 0 saturated carbocycles. The third-order valence-corrected chi connectivity index (χ3v) is 5.69. The number of carbonyl (C=O) groups excluding carboxylic acids is 1. The Labute approximate surface area is 199 Å². The average Bonchev–Trinajstić information content (AvgIpc) is 2.86. The van der Waals surface area contributed by atoms with E-state index in [1.165, 1.54) is 11.1 Å². The topological polar surface area (TPSA) is 73.2 Å². The van der Waals surface area contributed by atoms with E-state index < -0.39 is 0 Å². The minimum Gasteiger partial charge on any atom is -0.492 e. The number of hydrogen-bond donors (Lipinski definition) is 1. The molecule has 1 N–H and O–H groups in total. The fourth-order valence-electron chi connectivity index (χ4n) is 3.83. The zero-order chi connectivity index (χ0) is 23.8. The van der Waals surface area contributed by atoms with Gasteiger partial charge < -0.3 is 14.6 Å². The highest BCUT2D eigenvalue weighted by molar-refractivity contribution is 5.77. The van der Waals surface area contributed by atoms with E-state index in [1.54, 1.807) is 4.57 Å². The molecule has 0 aliphatic carbocycles. The Morgan fingerprint density at radius 1 is 0.941 bits per heavy atom. The average molecular weight is 456 g/mol. The standard InChI is InChI=1S/C28H29N3O3/c1-21-11-13-23(14-12-21)34-20-18-29-27(32)16-15-25-28(33)31(19-17-22-7-3-2-4-8-22)26-10-6-5-9-24(26)30-25/h2-14H,15-20H2,1H3,(H,29,32). The van der Waals surface area contributed by atoms with Crippen LogP contribution in [-0.2, 0) is 24.2 Å². The lowest BCUT2D eigenvalue weighted by molar-refractivity contribution is -0.121. The van der Waals surface area contributed by atoms with Crippen molar-refractivity contribution in [2.75, 3.05) is 13.2 Å². The maximum atomic E-state index is 13.2. The zero-order valence-electron chi connectivity index (χ0n) is 19.4. The van der Waals surface area contributed by atoms with Crippen molar-refractivity contribution in [2.45, 2.75) is 32.7 Å². The van der Waals surface area contributed by atoms with E-state index in [9.17, 15) is 9.59 Å². The summed E-state index contributed by atoms with van der Waals surface area (Å²) in [6.45, 7) is 3.36. The first kappa shape index (κ1) is 23.2. The summed E-state index contributed by atoms with van der Waals surface area (Å²) in [7, 11) is 0. The van der Waals surface area contributed by atoms with Crippen molar-refractivity contribution in [1.82, 2.24) is 14.9 Å². The van der Waals surface area contributed by atoms with Crippen LogP contribution in [-0.4, -0.2) is 28.6 Å². The van der Waals surface area contributed by atoms with Crippen molar-refractivity contribution in [3.8, 4) is 5.75 Å². The molecule has 1 aromatic heterocycles. The molecule has 0 aliphatic heterocycles. The van der Waals surface area contributed by atoms with Crippen LogP contribution in [0.4, 0.5) is 0 Å². The number of amides is 1. The Hall–Kier alpha value is -3.93. The van der Waals surface area contributed by atoms with Crippen LogP contribution in [0.2, 0.25) is 0 Å². The van der Waals surface area contributed by atoms with Gasteiger partial charge in [0.15, 0.2) is 0 Å². The third-order valence-electron chi connectivity index (χ3n) is 5.69. The number of rotatable bonds is 10. The number of aryl methyl sites for hydroxylation is 4. The molecule has 0 aliphatic rings. The second kappa shape index (κ2) is 11.3. The molecular formula is C28H29N3O3. The van der Waals surface area contributed by atoms with Crippen molar-refractivity contribution in [2.24, 2.45) is 0 Å². The smallest absolute Gasteiger partial charge is 0.272 e. The van der Waals surface area contributed by atoms with E-state index in [0.717, 1.165) is 23.2 Å². The molecule has 0 unspecified atom stereocenters. The fraction of sp³-hybridized carbons (Fsp3) is 0.250. The number of aromatic nitrogens is 2. The van der Waals surface area contributed by atoms with Gasteiger partial charge in [0.05, 0.1) is 17.6 Å². The van der Waals surface area contributed by atoms with Crippen LogP contribution in [0, 0.1) is 6.92 Å². The van der Waals surface area contributed by atoms with Crippen molar-refractivity contribution in [3.05, 3.63) is 106 Å². The van der Waals surface area contributed by atoms with Crippen LogP contribution in [0.25, 0.3) is 11.0 Å². The fourth-order valence-corrected chi connectivity index (χ4v) is 3.83. The molecule has 4 rings (SSSR count). The predicted molar refractivity (Wildman–Crippen MR) is 134 cm³/mol. The molecule has 1 heterocycles. The number of fused-ring (bicyclic) bond motifs is 1. The summed E-state index contributed by atoms with van der Waals surface area (Å²) in [5.41, 5.74) is 4.19. The molecule has 0 fully saturated rings. The summed E-state index contributed by atoms with van der Waals surface area (Å²) in [5.74, 6) is 0.647. The number of para-hydroxylation sites is 2. The van der Waals surface area contributed by atoms with E-state index in [4.69, 9.17) is 4.74 Å². The van der Waals surface area contributed by atoms with Gasteiger partial charge in [0.25, 0.3) is 5.56 Å². The van der Waals surface area contributed by atoms with Crippen LogP contribution in [0.3, 0.4) is 0 Å². The van der Waals surface area contributed by atoms with Crippen LogP contribution in [0.15, 0.2) is 83.7 Å². The Balaban J connectivity index is 1.36. The van der Waals surface area contributed by atoms with Crippen LogP contribution in [0.5, 0.6) is 5.75 Å². The van der Waals surface area contributed by atoms with Gasteiger partial charge in [-0.1, -0.05) is 60.2 Å². The van der Waals surface area contributed by atoms with Crippen molar-refractivity contribution in [3.63, 3.8) is 0 Å². The van der Waals surface area contributed by atoms with Crippen molar-refractivity contribution >= 4 is 16.9 Å². The molecule has 0 spiro atoms. The molecule has 0 atom stereocenters. The first-order valence-corrected chi connectivity index (χ1v) is 11.6. The van der Waals surface area contributed by atoms with Crippen molar-refractivity contribution in [1.29, 1.82) is 0 Å². The summed E-state index contributed by atoms with van der Waals surface area (Å²) in [6, 6.07) is 25.5. The second-order valence-electron chi connectivity index (χ2n) is 8.25. The number of carbonyl (C=O) groups is 1. The Morgan fingerprint density at radius 2 is 1.68 bits per heavy atom. The number of ether oxygens (including phenoxy) is 1. The molecule has 34 heavy (non-hydrogen) atoms. The highest BCUT2D eigenvalue weighted by atomic mass is 16.5. The lowest BCUT2D eigenvalue weighted by Gasteiger charge is -2.12. The van der Waals surface area contributed by atoms with Crippen LogP contribution in [0.1, 0.15) is 23.2 Å². The zero-order valence-corrected chi connectivity index (χ0v) is 19.4. The van der Waals surface area contributed by atoms with E-state index in [0.29, 0.717) is 31.8 Å². The highest BCUT2D eigenvalue weighted by Gasteiger charge is 2.13. The van der Waals surface area contributed by atoms with E-state index >= 15 is 0 Å². The minimum atomic E-state index is -0.134. The summed E-state index contributed by atoms with van der Waals surface area (Å²) < 4.78 is 7.42. The molecule has 1 amide bonds. The molecule has 3 aromatic carbocycles. The largest absolute Gasteiger partial charge is 0.492 e. The molecule has 6 heteroatoms. The van der Waals surface area contributed by atoms with E-state index in [2.05, 4.69) is 22.4 Å². The summed E-state index contributed by atoms with van der Waals surface area (Å²) in [6.07, 6.45) is 1.24. The molecule has 174 valence electrons. The van der Waals surface area contributed by atoms with Gasteiger partial charge in [0, 0.05) is 19.4 Å². The molecule has 0 bridgehead atoms. The maximum Gasteiger partial charge on any atom is 0.272 e. The lowest BCUT2D eigenvalue weighted by atomic mass is 10.1. The molecule has 4 aromatic rings. The first-order chi connectivity index (χ1) is 16.6. The Bertz CT molecular complexity index is 1300. The third kappa shape index (κ3) is 6.10. The van der Waals surface area contributed by atoms with Gasteiger partial charge in [0.1, 0.15) is 18.1 Å². The first-order valence-electron chi connectivity index (χ1n) is 11.6. The lowest BCUT2D eigenvalue weighted by Crippen LogP contribution is -2.30. The van der Waals surface area contributed by atoms with Gasteiger partial charge >= 0.3 is 0 Å². The predicted octanol–water partition coefficient (Wildman–Crippen LogP) is 4.08. The van der Waals surface area contributed by atoms with Crippen LogP contribution < -0.4 is 15.6 Å². The van der Waals surface area contributed by atoms with Gasteiger partial charge in [-0.05, 0) is 43.2 Å². The number of nitrogens with one attached hydrogen (secondary N) is 1. The van der Waals surface area contributed by atoms with Gasteiger partial charge in [-0.25, -0.2) is 4.98 Å². The van der Waals surface area contributed by atoms with Gasteiger partial charge in [-0.2, -0.15) is 0 Å². The SMILES string of the molecule is Cc1ccc(OCCNC(=O)CCc2nc3ccccc3n(CCc3ccccc3)c2=O)cc1. The molecular weight excluding hydrogens is 426 g/mol. The minimum absolute atomic E-state index is 0.127. The van der Waals surface area contributed by atoms with Gasteiger partial charge in [-0.15, -0.1) is 0 Å². The maximum absolute atomic E-state index is 13.2. The van der Waals surface area contributed by atoms with Crippen molar-refractivity contribution < 1.29 is 9.53 Å². The second-order valence-corrected chi connectivity index (χ2v) is 8.25. The number of benzene rings is 3. The Morgan fingerprint density at radius 3 is 2.47 bits per heavy atom. The summed E-state index contributed by atoms with van der Waals surface area (Å²) >= 11 is 0. The van der Waals surface area contributed by atoms with Gasteiger partial charge in [0.2, 0.25) is 5.91 Å².